The Kier molecular flexibility index (Phi) is 3.92. The Balaban J connectivity index is 1.57. The van der Waals surface area contributed by atoms with E-state index in [9.17, 15) is 9.59 Å². The van der Waals surface area contributed by atoms with Gasteiger partial charge in [-0.1, -0.05) is 42.0 Å². The van der Waals surface area contributed by atoms with E-state index < -0.39 is 0 Å². The first kappa shape index (κ1) is 14.3. The van der Waals surface area contributed by atoms with Crippen molar-refractivity contribution in [2.45, 2.75) is 26.3 Å². The number of carbonyl (C=O) groups is 2. The minimum absolute atomic E-state index is 0.0102. The smallest absolute Gasteiger partial charge is 0.228 e. The standard InChI is InChI=1S/C18H18N2O2/c1-12-2-4-13(5-3-12)11-19-17(21)9-14-6-7-16-15(8-14)10-18(22)20-16/h2-8H,9-11H2,1H3,(H,19,21)(H,20,22). The van der Waals surface area contributed by atoms with Crippen molar-refractivity contribution in [2.75, 3.05) is 5.32 Å². The lowest BCUT2D eigenvalue weighted by molar-refractivity contribution is -0.120. The molecule has 4 heteroatoms. The van der Waals surface area contributed by atoms with E-state index in [-0.39, 0.29) is 11.8 Å². The van der Waals surface area contributed by atoms with Crippen molar-refractivity contribution in [3.8, 4) is 0 Å². The Morgan fingerprint density at radius 2 is 1.86 bits per heavy atom. The lowest BCUT2D eigenvalue weighted by Gasteiger charge is -2.07. The Labute approximate surface area is 129 Å². The molecule has 0 spiro atoms. The highest BCUT2D eigenvalue weighted by molar-refractivity contribution is 5.99. The molecule has 2 aromatic carbocycles. The summed E-state index contributed by atoms with van der Waals surface area (Å²) in [6, 6.07) is 13.8. The summed E-state index contributed by atoms with van der Waals surface area (Å²) in [5.74, 6) is -0.00576. The molecule has 4 nitrogen and oxygen atoms in total. The first-order valence-electron chi connectivity index (χ1n) is 7.34. The van der Waals surface area contributed by atoms with Crippen molar-refractivity contribution < 1.29 is 9.59 Å². The topological polar surface area (TPSA) is 58.2 Å². The van der Waals surface area contributed by atoms with Gasteiger partial charge in [-0.15, -0.1) is 0 Å². The van der Waals surface area contributed by atoms with Gasteiger partial charge in [0.05, 0.1) is 12.8 Å². The highest BCUT2D eigenvalue weighted by Gasteiger charge is 2.17. The van der Waals surface area contributed by atoms with Gasteiger partial charge in [0.25, 0.3) is 0 Å². The fourth-order valence-electron chi connectivity index (χ4n) is 2.55. The SMILES string of the molecule is Cc1ccc(CNC(=O)Cc2ccc3c(c2)CC(=O)N3)cc1. The van der Waals surface area contributed by atoms with Crippen LogP contribution in [0.4, 0.5) is 5.69 Å². The number of hydrogen-bond donors (Lipinski definition) is 2. The van der Waals surface area contributed by atoms with E-state index in [1.807, 2.05) is 49.4 Å². The molecule has 3 rings (SSSR count). The molecule has 0 saturated heterocycles. The first-order valence-corrected chi connectivity index (χ1v) is 7.34. The molecule has 1 heterocycles. The molecule has 22 heavy (non-hydrogen) atoms. The second-order valence-electron chi connectivity index (χ2n) is 5.66. The van der Waals surface area contributed by atoms with Gasteiger partial charge in [-0.05, 0) is 29.7 Å². The third-order valence-electron chi connectivity index (χ3n) is 3.77. The number of nitrogens with one attached hydrogen (secondary N) is 2. The van der Waals surface area contributed by atoms with Gasteiger partial charge >= 0.3 is 0 Å². The van der Waals surface area contributed by atoms with Crippen molar-refractivity contribution in [3.05, 3.63) is 64.7 Å². The molecule has 0 fully saturated rings. The van der Waals surface area contributed by atoms with E-state index in [1.165, 1.54) is 5.56 Å². The quantitative estimate of drug-likeness (QED) is 0.909. The summed E-state index contributed by atoms with van der Waals surface area (Å²) < 4.78 is 0. The number of anilines is 1. The predicted molar refractivity (Wildman–Crippen MR) is 85.5 cm³/mol. The van der Waals surface area contributed by atoms with Crippen LogP contribution in [-0.4, -0.2) is 11.8 Å². The normalized spacial score (nSPS) is 12.7. The van der Waals surface area contributed by atoms with Crippen molar-refractivity contribution in [1.29, 1.82) is 0 Å². The van der Waals surface area contributed by atoms with Crippen LogP contribution < -0.4 is 10.6 Å². The Morgan fingerprint density at radius 1 is 1.14 bits per heavy atom. The molecule has 0 aromatic heterocycles. The minimum Gasteiger partial charge on any atom is -0.352 e. The number of amides is 2. The summed E-state index contributed by atoms with van der Waals surface area (Å²) in [6.45, 7) is 2.57. The minimum atomic E-state index is -0.0159. The number of hydrogen-bond acceptors (Lipinski definition) is 2. The molecule has 0 bridgehead atoms. The maximum absolute atomic E-state index is 12.0. The fraction of sp³-hybridized carbons (Fsp3) is 0.222. The second-order valence-corrected chi connectivity index (χ2v) is 5.66. The van der Waals surface area contributed by atoms with Gasteiger partial charge in [-0.2, -0.15) is 0 Å². The summed E-state index contributed by atoms with van der Waals surface area (Å²) in [4.78, 5) is 23.3. The average molecular weight is 294 g/mol. The molecule has 2 N–H and O–H groups in total. The van der Waals surface area contributed by atoms with Crippen LogP contribution in [0.25, 0.3) is 0 Å². The van der Waals surface area contributed by atoms with E-state index in [0.717, 1.165) is 22.4 Å². The number of fused-ring (bicyclic) bond motifs is 1. The highest BCUT2D eigenvalue weighted by Crippen LogP contribution is 2.23. The molecular weight excluding hydrogens is 276 g/mol. The zero-order valence-electron chi connectivity index (χ0n) is 12.5. The van der Waals surface area contributed by atoms with Gasteiger partial charge in [0.2, 0.25) is 11.8 Å². The van der Waals surface area contributed by atoms with E-state index in [0.29, 0.717) is 19.4 Å². The molecule has 112 valence electrons. The zero-order valence-corrected chi connectivity index (χ0v) is 12.5. The zero-order chi connectivity index (χ0) is 15.5. The van der Waals surface area contributed by atoms with Crippen LogP contribution in [0.5, 0.6) is 0 Å². The monoisotopic (exact) mass is 294 g/mol. The second kappa shape index (κ2) is 6.02. The summed E-state index contributed by atoms with van der Waals surface area (Å²) in [6.07, 6.45) is 0.724. The Hall–Kier alpha value is -2.62. The van der Waals surface area contributed by atoms with Crippen molar-refractivity contribution in [1.82, 2.24) is 5.32 Å². The lowest BCUT2D eigenvalue weighted by atomic mass is 10.1. The number of rotatable bonds is 4. The van der Waals surface area contributed by atoms with E-state index in [1.54, 1.807) is 0 Å². The molecule has 1 aliphatic rings. The molecule has 1 aliphatic heterocycles. The van der Waals surface area contributed by atoms with Crippen LogP contribution in [0.1, 0.15) is 22.3 Å². The third kappa shape index (κ3) is 3.34. The van der Waals surface area contributed by atoms with Gasteiger partial charge in [0, 0.05) is 12.2 Å². The van der Waals surface area contributed by atoms with Crippen LogP contribution in [-0.2, 0) is 29.0 Å². The predicted octanol–water partition coefficient (Wildman–Crippen LogP) is 2.35. The lowest BCUT2D eigenvalue weighted by Crippen LogP contribution is -2.24. The van der Waals surface area contributed by atoms with Crippen LogP contribution in [0.15, 0.2) is 42.5 Å². The van der Waals surface area contributed by atoms with Crippen LogP contribution in [0.2, 0.25) is 0 Å². The van der Waals surface area contributed by atoms with E-state index in [4.69, 9.17) is 0 Å². The maximum atomic E-state index is 12.0. The van der Waals surface area contributed by atoms with Gasteiger partial charge in [0.1, 0.15) is 0 Å². The van der Waals surface area contributed by atoms with Gasteiger partial charge in [-0.25, -0.2) is 0 Å². The average Bonchev–Trinajstić information content (AvgIpc) is 2.86. The molecule has 0 aliphatic carbocycles. The number of benzene rings is 2. The van der Waals surface area contributed by atoms with Crippen LogP contribution in [0, 0.1) is 6.92 Å². The molecule has 0 radical (unpaired) electrons. The molecular formula is C18H18N2O2. The van der Waals surface area contributed by atoms with Crippen molar-refractivity contribution >= 4 is 17.5 Å². The Morgan fingerprint density at radius 3 is 2.64 bits per heavy atom. The summed E-state index contributed by atoms with van der Waals surface area (Å²) in [5, 5.41) is 5.71. The van der Waals surface area contributed by atoms with Gasteiger partial charge in [0.15, 0.2) is 0 Å². The third-order valence-corrected chi connectivity index (χ3v) is 3.77. The molecule has 0 unspecified atom stereocenters. The first-order chi connectivity index (χ1) is 10.6. The largest absolute Gasteiger partial charge is 0.352 e. The summed E-state index contributed by atoms with van der Waals surface area (Å²) in [5.41, 5.74) is 5.04. The summed E-state index contributed by atoms with van der Waals surface area (Å²) >= 11 is 0. The van der Waals surface area contributed by atoms with Crippen molar-refractivity contribution in [3.63, 3.8) is 0 Å². The Bertz CT molecular complexity index is 720. The molecule has 0 saturated carbocycles. The number of carbonyl (C=O) groups excluding carboxylic acids is 2. The maximum Gasteiger partial charge on any atom is 0.228 e. The molecule has 2 aromatic rings. The summed E-state index contributed by atoms with van der Waals surface area (Å²) in [7, 11) is 0. The molecule has 0 atom stereocenters. The van der Waals surface area contributed by atoms with Crippen LogP contribution in [0.3, 0.4) is 0 Å². The van der Waals surface area contributed by atoms with Gasteiger partial charge in [-0.3, -0.25) is 9.59 Å². The van der Waals surface area contributed by atoms with Gasteiger partial charge < -0.3 is 10.6 Å². The highest BCUT2D eigenvalue weighted by atomic mass is 16.2. The fourth-order valence-corrected chi connectivity index (χ4v) is 2.55. The molecule has 2 amide bonds. The van der Waals surface area contributed by atoms with Crippen molar-refractivity contribution in [2.24, 2.45) is 0 Å². The number of aryl methyl sites for hydroxylation is 1. The van der Waals surface area contributed by atoms with Crippen LogP contribution >= 0.6 is 0 Å². The van der Waals surface area contributed by atoms with E-state index in [2.05, 4.69) is 10.6 Å². The van der Waals surface area contributed by atoms with E-state index >= 15 is 0 Å².